The molecule has 1 N–H and O–H groups in total. The predicted molar refractivity (Wildman–Crippen MR) is 76.9 cm³/mol. The van der Waals surface area contributed by atoms with E-state index in [1.54, 1.807) is 19.3 Å². The van der Waals surface area contributed by atoms with Gasteiger partial charge in [-0.05, 0) is 57.1 Å². The molecular weight excluding hydrogens is 382 g/mol. The number of halogens is 4. The molecule has 1 atom stereocenters. The second kappa shape index (κ2) is 6.07. The molecule has 0 fully saturated rings. The van der Waals surface area contributed by atoms with E-state index in [9.17, 15) is 8.78 Å². The number of hydrogen-bond donors (Lipinski definition) is 1. The lowest BCUT2D eigenvalue weighted by Gasteiger charge is -2.19. The first-order valence-corrected chi connectivity index (χ1v) is 7.05. The number of rotatable bonds is 3. The van der Waals surface area contributed by atoms with Crippen molar-refractivity contribution in [1.29, 1.82) is 0 Å². The molecule has 0 amide bonds. The van der Waals surface area contributed by atoms with E-state index in [1.807, 2.05) is 0 Å². The number of nitrogens with zero attached hydrogens (tertiary/aromatic N) is 1. The van der Waals surface area contributed by atoms with Gasteiger partial charge < -0.3 is 5.32 Å². The number of hydrogen-bond acceptors (Lipinski definition) is 2. The van der Waals surface area contributed by atoms with Gasteiger partial charge in [-0.1, -0.05) is 6.07 Å². The van der Waals surface area contributed by atoms with Gasteiger partial charge in [-0.15, -0.1) is 0 Å². The molecular formula is C13H10Br2F2N2. The summed E-state index contributed by atoms with van der Waals surface area (Å²) in [6.45, 7) is 0. The van der Waals surface area contributed by atoms with Gasteiger partial charge in [-0.3, -0.25) is 4.98 Å². The Labute approximate surface area is 126 Å². The Morgan fingerprint density at radius 2 is 1.84 bits per heavy atom. The summed E-state index contributed by atoms with van der Waals surface area (Å²) in [6, 6.07) is 4.92. The minimum atomic E-state index is -0.663. The largest absolute Gasteiger partial charge is 0.308 e. The van der Waals surface area contributed by atoms with Crippen LogP contribution in [0.4, 0.5) is 8.78 Å². The maximum atomic E-state index is 13.9. The number of pyridine rings is 1. The summed E-state index contributed by atoms with van der Waals surface area (Å²) in [4.78, 5) is 4.22. The van der Waals surface area contributed by atoms with Crippen molar-refractivity contribution in [3.8, 4) is 0 Å². The van der Waals surface area contributed by atoms with Crippen LogP contribution >= 0.6 is 31.9 Å². The monoisotopic (exact) mass is 390 g/mol. The minimum absolute atomic E-state index is 0.0412. The average molecular weight is 392 g/mol. The van der Waals surface area contributed by atoms with E-state index in [4.69, 9.17) is 0 Å². The van der Waals surface area contributed by atoms with Gasteiger partial charge in [-0.25, -0.2) is 8.78 Å². The van der Waals surface area contributed by atoms with E-state index in [0.717, 1.165) is 4.47 Å². The smallest absolute Gasteiger partial charge is 0.131 e. The summed E-state index contributed by atoms with van der Waals surface area (Å²) in [6.07, 6.45) is 1.59. The molecule has 1 aromatic carbocycles. The van der Waals surface area contributed by atoms with Crippen LogP contribution in [0.1, 0.15) is 17.3 Å². The van der Waals surface area contributed by atoms with E-state index in [0.29, 0.717) is 10.2 Å². The molecule has 2 nitrogen and oxygen atoms in total. The van der Waals surface area contributed by atoms with Crippen molar-refractivity contribution in [2.24, 2.45) is 0 Å². The Kier molecular flexibility index (Phi) is 4.65. The molecule has 1 unspecified atom stereocenters. The van der Waals surface area contributed by atoms with Crippen LogP contribution in [-0.4, -0.2) is 12.0 Å². The van der Waals surface area contributed by atoms with Gasteiger partial charge in [0.15, 0.2) is 0 Å². The summed E-state index contributed by atoms with van der Waals surface area (Å²) in [5, 5.41) is 2.89. The van der Waals surface area contributed by atoms with Crippen LogP contribution in [0.3, 0.4) is 0 Å². The lowest BCUT2D eigenvalue weighted by molar-refractivity contribution is 0.517. The number of aromatic nitrogens is 1. The molecule has 6 heteroatoms. The fraction of sp³-hybridized carbons (Fsp3) is 0.154. The lowest BCUT2D eigenvalue weighted by Crippen LogP contribution is -2.22. The normalized spacial score (nSPS) is 12.5. The molecule has 19 heavy (non-hydrogen) atoms. The first-order chi connectivity index (χ1) is 9.04. The molecule has 0 saturated carbocycles. The Morgan fingerprint density at radius 1 is 1.21 bits per heavy atom. The highest BCUT2D eigenvalue weighted by Gasteiger charge is 2.23. The standard InChI is InChI=1S/C13H10Br2F2N2/c1-18-13(11-9(16)3-2-4-10(11)17)12-8(15)5-7(14)6-19-12/h2-6,13,18H,1H3. The zero-order chi connectivity index (χ0) is 14.0. The van der Waals surface area contributed by atoms with E-state index >= 15 is 0 Å². The third-order valence-electron chi connectivity index (χ3n) is 2.69. The van der Waals surface area contributed by atoms with Crippen LogP contribution in [0.2, 0.25) is 0 Å². The second-order valence-corrected chi connectivity index (χ2v) is 5.65. The molecule has 1 aromatic heterocycles. The molecule has 2 aromatic rings. The summed E-state index contributed by atoms with van der Waals surface area (Å²) in [7, 11) is 1.63. The average Bonchev–Trinajstić information content (AvgIpc) is 2.35. The summed E-state index contributed by atoms with van der Waals surface area (Å²) in [5.41, 5.74) is 0.482. The van der Waals surface area contributed by atoms with Crippen LogP contribution in [-0.2, 0) is 0 Å². The Bertz CT molecular complexity index is 585. The van der Waals surface area contributed by atoms with Gasteiger partial charge in [0, 0.05) is 20.7 Å². The van der Waals surface area contributed by atoms with Gasteiger partial charge in [0.1, 0.15) is 11.6 Å². The summed E-state index contributed by atoms with van der Waals surface area (Å²) in [5.74, 6) is -1.20. The minimum Gasteiger partial charge on any atom is -0.308 e. The highest BCUT2D eigenvalue weighted by Crippen LogP contribution is 2.31. The van der Waals surface area contributed by atoms with Crippen molar-refractivity contribution in [1.82, 2.24) is 10.3 Å². The van der Waals surface area contributed by atoms with E-state index in [-0.39, 0.29) is 5.56 Å². The van der Waals surface area contributed by atoms with Crippen LogP contribution in [0.15, 0.2) is 39.4 Å². The van der Waals surface area contributed by atoms with Crippen molar-refractivity contribution >= 4 is 31.9 Å². The molecule has 100 valence electrons. The van der Waals surface area contributed by atoms with Gasteiger partial charge >= 0.3 is 0 Å². The van der Waals surface area contributed by atoms with Crippen molar-refractivity contribution in [3.63, 3.8) is 0 Å². The van der Waals surface area contributed by atoms with Crippen LogP contribution in [0.25, 0.3) is 0 Å². The molecule has 1 heterocycles. The third kappa shape index (κ3) is 3.01. The Hall–Kier alpha value is -0.850. The lowest BCUT2D eigenvalue weighted by atomic mass is 10.0. The first kappa shape index (κ1) is 14.6. The van der Waals surface area contributed by atoms with Gasteiger partial charge in [-0.2, -0.15) is 0 Å². The van der Waals surface area contributed by atoms with Crippen molar-refractivity contribution < 1.29 is 8.78 Å². The predicted octanol–water partition coefficient (Wildman–Crippen LogP) is 4.19. The molecule has 0 spiro atoms. The molecule has 0 bridgehead atoms. The SMILES string of the molecule is CNC(c1ncc(Br)cc1Br)c1c(F)cccc1F. The summed E-state index contributed by atoms with van der Waals surface area (Å²) < 4.78 is 29.2. The molecule has 2 rings (SSSR count). The quantitative estimate of drug-likeness (QED) is 0.848. The Morgan fingerprint density at radius 3 is 2.37 bits per heavy atom. The fourth-order valence-corrected chi connectivity index (χ4v) is 3.06. The van der Waals surface area contributed by atoms with Crippen molar-refractivity contribution in [2.45, 2.75) is 6.04 Å². The summed E-state index contributed by atoms with van der Waals surface area (Å²) >= 11 is 6.65. The van der Waals surface area contributed by atoms with E-state index in [1.165, 1.54) is 18.2 Å². The number of benzene rings is 1. The first-order valence-electron chi connectivity index (χ1n) is 5.46. The van der Waals surface area contributed by atoms with Gasteiger partial charge in [0.05, 0.1) is 11.7 Å². The van der Waals surface area contributed by atoms with Gasteiger partial charge in [0.25, 0.3) is 0 Å². The van der Waals surface area contributed by atoms with E-state index < -0.39 is 17.7 Å². The van der Waals surface area contributed by atoms with Crippen LogP contribution in [0.5, 0.6) is 0 Å². The van der Waals surface area contributed by atoms with Crippen molar-refractivity contribution in [3.05, 3.63) is 62.3 Å². The third-order valence-corrected chi connectivity index (χ3v) is 3.76. The maximum absolute atomic E-state index is 13.9. The van der Waals surface area contributed by atoms with Crippen LogP contribution in [0, 0.1) is 11.6 Å². The van der Waals surface area contributed by atoms with Crippen molar-refractivity contribution in [2.75, 3.05) is 7.05 Å². The zero-order valence-corrected chi connectivity index (χ0v) is 13.1. The molecule has 0 aliphatic carbocycles. The second-order valence-electron chi connectivity index (χ2n) is 3.88. The molecule has 0 saturated heterocycles. The molecule has 0 aliphatic heterocycles. The molecule has 0 aliphatic rings. The highest BCUT2D eigenvalue weighted by molar-refractivity contribution is 9.11. The van der Waals surface area contributed by atoms with Gasteiger partial charge in [0.2, 0.25) is 0 Å². The highest BCUT2D eigenvalue weighted by atomic mass is 79.9. The molecule has 0 radical (unpaired) electrons. The van der Waals surface area contributed by atoms with E-state index in [2.05, 4.69) is 42.2 Å². The topological polar surface area (TPSA) is 24.9 Å². The fourth-order valence-electron chi connectivity index (χ4n) is 1.84. The maximum Gasteiger partial charge on any atom is 0.131 e. The van der Waals surface area contributed by atoms with Crippen LogP contribution < -0.4 is 5.32 Å². The zero-order valence-electron chi connectivity index (χ0n) is 9.92. The number of nitrogens with one attached hydrogen (secondary N) is 1. The Balaban J connectivity index is 2.56.